The Bertz CT molecular complexity index is 622. The van der Waals surface area contributed by atoms with Crippen LogP contribution in [0.15, 0.2) is 23.0 Å². The number of fused-ring (bicyclic) bond motifs is 1. The first-order chi connectivity index (χ1) is 8.07. The van der Waals surface area contributed by atoms with E-state index in [2.05, 4.69) is 0 Å². The van der Waals surface area contributed by atoms with Gasteiger partial charge in [-0.1, -0.05) is 19.1 Å². The minimum atomic E-state index is -0.0363. The SMILES string of the molecule is CC(CC=O)c1cccc2c1n(C)c(=O)n2C. The average Bonchev–Trinajstić information content (AvgIpc) is 2.55. The molecule has 1 unspecified atom stereocenters. The van der Waals surface area contributed by atoms with Crippen LogP contribution in [-0.4, -0.2) is 15.4 Å². The number of aldehydes is 1. The molecule has 0 radical (unpaired) electrons. The molecule has 4 heteroatoms. The zero-order valence-corrected chi connectivity index (χ0v) is 10.3. The van der Waals surface area contributed by atoms with E-state index in [1.54, 1.807) is 23.2 Å². The quantitative estimate of drug-likeness (QED) is 0.754. The van der Waals surface area contributed by atoms with Crippen molar-refractivity contribution in [2.24, 2.45) is 14.1 Å². The molecule has 0 aliphatic rings. The van der Waals surface area contributed by atoms with Gasteiger partial charge in [-0.2, -0.15) is 0 Å². The van der Waals surface area contributed by atoms with Crippen LogP contribution in [0.25, 0.3) is 11.0 Å². The van der Waals surface area contributed by atoms with Gasteiger partial charge in [0.2, 0.25) is 0 Å². The molecule has 1 aromatic heterocycles. The average molecular weight is 232 g/mol. The Labute approximate surface area is 99.5 Å². The first-order valence-corrected chi connectivity index (χ1v) is 5.66. The molecule has 4 nitrogen and oxygen atoms in total. The largest absolute Gasteiger partial charge is 0.328 e. The number of benzene rings is 1. The van der Waals surface area contributed by atoms with Crippen LogP contribution in [0.4, 0.5) is 0 Å². The molecule has 2 aromatic rings. The highest BCUT2D eigenvalue weighted by atomic mass is 16.1. The lowest BCUT2D eigenvalue weighted by Crippen LogP contribution is -2.19. The van der Waals surface area contributed by atoms with Crippen LogP contribution in [-0.2, 0) is 18.9 Å². The third-order valence-corrected chi connectivity index (χ3v) is 3.30. The summed E-state index contributed by atoms with van der Waals surface area (Å²) < 4.78 is 3.28. The van der Waals surface area contributed by atoms with Gasteiger partial charge in [-0.15, -0.1) is 0 Å². The first-order valence-electron chi connectivity index (χ1n) is 5.66. The van der Waals surface area contributed by atoms with Gasteiger partial charge < -0.3 is 4.79 Å². The summed E-state index contributed by atoms with van der Waals surface area (Å²) in [6.07, 6.45) is 1.40. The van der Waals surface area contributed by atoms with Crippen LogP contribution in [0.3, 0.4) is 0 Å². The summed E-state index contributed by atoms with van der Waals surface area (Å²) >= 11 is 0. The van der Waals surface area contributed by atoms with E-state index in [0.29, 0.717) is 6.42 Å². The van der Waals surface area contributed by atoms with Crippen molar-refractivity contribution in [3.63, 3.8) is 0 Å². The summed E-state index contributed by atoms with van der Waals surface area (Å²) in [5, 5.41) is 0. The van der Waals surface area contributed by atoms with Gasteiger partial charge in [0.25, 0.3) is 0 Å². The van der Waals surface area contributed by atoms with Crippen molar-refractivity contribution in [1.29, 1.82) is 0 Å². The highest BCUT2D eigenvalue weighted by molar-refractivity contribution is 5.80. The minimum Gasteiger partial charge on any atom is -0.303 e. The van der Waals surface area contributed by atoms with Gasteiger partial charge in [0.1, 0.15) is 6.29 Å². The number of para-hydroxylation sites is 1. The predicted molar refractivity (Wildman–Crippen MR) is 67.3 cm³/mol. The van der Waals surface area contributed by atoms with Gasteiger partial charge in [0, 0.05) is 20.5 Å². The lowest BCUT2D eigenvalue weighted by Gasteiger charge is -2.10. The first kappa shape index (κ1) is 11.6. The van der Waals surface area contributed by atoms with E-state index in [0.717, 1.165) is 22.9 Å². The minimum absolute atomic E-state index is 0.0363. The van der Waals surface area contributed by atoms with Crippen LogP contribution in [0.5, 0.6) is 0 Å². The number of aryl methyl sites for hydroxylation is 2. The maximum atomic E-state index is 11.9. The highest BCUT2D eigenvalue weighted by Crippen LogP contribution is 2.25. The molecule has 0 fully saturated rings. The van der Waals surface area contributed by atoms with Gasteiger partial charge in [0.15, 0.2) is 0 Å². The number of carbonyl (C=O) groups is 1. The number of rotatable bonds is 3. The van der Waals surface area contributed by atoms with Crippen LogP contribution in [0, 0.1) is 0 Å². The van der Waals surface area contributed by atoms with Crippen molar-refractivity contribution in [2.75, 3.05) is 0 Å². The van der Waals surface area contributed by atoms with Crippen molar-refractivity contribution >= 4 is 17.3 Å². The standard InChI is InChI=1S/C13H16N2O2/c1-9(7-8-16)10-5-4-6-11-12(10)15(3)13(17)14(11)2/h4-6,8-9H,7H2,1-3H3. The van der Waals surface area contributed by atoms with Crippen LogP contribution in [0.1, 0.15) is 24.8 Å². The van der Waals surface area contributed by atoms with Crippen molar-refractivity contribution < 1.29 is 4.79 Å². The number of carbonyl (C=O) groups excluding carboxylic acids is 1. The Hall–Kier alpha value is -1.84. The lowest BCUT2D eigenvalue weighted by molar-refractivity contribution is -0.108. The Morgan fingerprint density at radius 3 is 2.65 bits per heavy atom. The number of hydrogen-bond donors (Lipinski definition) is 0. The summed E-state index contributed by atoms with van der Waals surface area (Å²) in [6, 6.07) is 5.84. The van der Waals surface area contributed by atoms with Crippen molar-refractivity contribution in [3.8, 4) is 0 Å². The molecule has 0 spiro atoms. The van der Waals surface area contributed by atoms with E-state index in [9.17, 15) is 9.59 Å². The summed E-state index contributed by atoms with van der Waals surface area (Å²) in [7, 11) is 3.53. The maximum absolute atomic E-state index is 11.9. The molecular weight excluding hydrogens is 216 g/mol. The molecule has 1 aromatic carbocycles. The second-order valence-electron chi connectivity index (χ2n) is 4.42. The molecule has 2 rings (SSSR count). The van der Waals surface area contributed by atoms with Gasteiger partial charge in [-0.25, -0.2) is 4.79 Å². The van der Waals surface area contributed by atoms with E-state index >= 15 is 0 Å². The number of nitrogens with zero attached hydrogens (tertiary/aromatic N) is 2. The summed E-state index contributed by atoms with van der Waals surface area (Å²) in [5.41, 5.74) is 2.85. The van der Waals surface area contributed by atoms with Gasteiger partial charge >= 0.3 is 5.69 Å². The molecule has 1 heterocycles. The molecular formula is C13H16N2O2. The molecule has 17 heavy (non-hydrogen) atoms. The van der Waals surface area contributed by atoms with Gasteiger partial charge in [0.05, 0.1) is 11.0 Å². The molecule has 0 amide bonds. The second kappa shape index (κ2) is 4.20. The molecule has 0 saturated carbocycles. The van der Waals surface area contributed by atoms with Gasteiger partial charge in [-0.05, 0) is 17.5 Å². The zero-order valence-electron chi connectivity index (χ0n) is 10.3. The van der Waals surface area contributed by atoms with Crippen LogP contribution in [0.2, 0.25) is 0 Å². The molecule has 0 aliphatic carbocycles. The molecule has 90 valence electrons. The van der Waals surface area contributed by atoms with Crippen molar-refractivity contribution in [1.82, 2.24) is 9.13 Å². The number of aromatic nitrogens is 2. The Kier molecular flexibility index (Phi) is 2.88. The van der Waals surface area contributed by atoms with E-state index in [4.69, 9.17) is 0 Å². The monoisotopic (exact) mass is 232 g/mol. The summed E-state index contributed by atoms with van der Waals surface area (Å²) in [5.74, 6) is 0.129. The fourth-order valence-corrected chi connectivity index (χ4v) is 2.28. The Balaban J connectivity index is 2.77. The number of imidazole rings is 1. The zero-order chi connectivity index (χ0) is 12.6. The third kappa shape index (κ3) is 1.69. The van der Waals surface area contributed by atoms with Crippen LogP contribution < -0.4 is 5.69 Å². The molecule has 0 bridgehead atoms. The lowest BCUT2D eigenvalue weighted by atomic mass is 9.97. The maximum Gasteiger partial charge on any atom is 0.328 e. The van der Waals surface area contributed by atoms with E-state index in [-0.39, 0.29) is 11.6 Å². The van der Waals surface area contributed by atoms with Crippen LogP contribution >= 0.6 is 0 Å². The smallest absolute Gasteiger partial charge is 0.303 e. The molecule has 0 N–H and O–H groups in total. The Morgan fingerprint density at radius 2 is 2.00 bits per heavy atom. The predicted octanol–water partition coefficient (Wildman–Crippen LogP) is 1.57. The fourth-order valence-electron chi connectivity index (χ4n) is 2.28. The fraction of sp³-hybridized carbons (Fsp3) is 0.385. The van der Waals surface area contributed by atoms with E-state index in [1.807, 2.05) is 25.1 Å². The summed E-state index contributed by atoms with van der Waals surface area (Å²) in [4.78, 5) is 22.5. The normalized spacial score (nSPS) is 12.9. The molecule has 0 saturated heterocycles. The Morgan fingerprint density at radius 1 is 1.29 bits per heavy atom. The van der Waals surface area contributed by atoms with E-state index < -0.39 is 0 Å². The topological polar surface area (TPSA) is 44.0 Å². The third-order valence-electron chi connectivity index (χ3n) is 3.30. The second-order valence-corrected chi connectivity index (χ2v) is 4.42. The number of hydrogen-bond acceptors (Lipinski definition) is 2. The summed E-state index contributed by atoms with van der Waals surface area (Å²) in [6.45, 7) is 2.00. The molecule has 0 aliphatic heterocycles. The van der Waals surface area contributed by atoms with Crippen molar-refractivity contribution in [3.05, 3.63) is 34.2 Å². The highest BCUT2D eigenvalue weighted by Gasteiger charge is 2.15. The van der Waals surface area contributed by atoms with E-state index in [1.165, 1.54) is 0 Å². The van der Waals surface area contributed by atoms with Crippen molar-refractivity contribution in [2.45, 2.75) is 19.3 Å². The van der Waals surface area contributed by atoms with Gasteiger partial charge in [-0.3, -0.25) is 9.13 Å². The molecule has 1 atom stereocenters.